The van der Waals surface area contributed by atoms with E-state index in [1.54, 1.807) is 0 Å². The van der Waals surface area contributed by atoms with Gasteiger partial charge in [-0.1, -0.05) is 18.2 Å². The Morgan fingerprint density at radius 3 is 2.22 bits per heavy atom. The molecule has 0 radical (unpaired) electrons. The third-order valence-electron chi connectivity index (χ3n) is 3.07. The van der Waals surface area contributed by atoms with E-state index in [9.17, 15) is 0 Å². The van der Waals surface area contributed by atoms with Crippen LogP contribution in [0.25, 0.3) is 0 Å². The van der Waals surface area contributed by atoms with Gasteiger partial charge in [0.05, 0.1) is 11.6 Å². The highest BCUT2D eigenvalue weighted by atomic mass is 14.9. The molecular formula is C16H16N2. The second-order valence-electron chi connectivity index (χ2n) is 4.42. The van der Waals surface area contributed by atoms with Crippen molar-refractivity contribution >= 4 is 5.69 Å². The molecule has 2 nitrogen and oxygen atoms in total. The van der Waals surface area contributed by atoms with Crippen LogP contribution in [0.4, 0.5) is 5.69 Å². The predicted molar refractivity (Wildman–Crippen MR) is 74.4 cm³/mol. The zero-order valence-corrected chi connectivity index (χ0v) is 10.7. The lowest BCUT2D eigenvalue weighted by molar-refractivity contribution is 1.09. The largest absolute Gasteiger partial charge is 0.381 e. The van der Waals surface area contributed by atoms with Crippen LogP contribution in [-0.2, 0) is 6.54 Å². The van der Waals surface area contributed by atoms with E-state index in [-0.39, 0.29) is 0 Å². The Hall–Kier alpha value is -2.27. The minimum absolute atomic E-state index is 0.730. The molecule has 0 saturated carbocycles. The van der Waals surface area contributed by atoms with E-state index in [2.05, 4.69) is 25.2 Å². The van der Waals surface area contributed by atoms with Gasteiger partial charge in [-0.3, -0.25) is 0 Å². The Morgan fingerprint density at radius 1 is 1.06 bits per heavy atom. The van der Waals surface area contributed by atoms with Gasteiger partial charge in [-0.05, 0) is 54.8 Å². The lowest BCUT2D eigenvalue weighted by atomic mass is 9.99. The molecule has 0 fully saturated rings. The fourth-order valence-corrected chi connectivity index (χ4v) is 2.08. The molecule has 0 aliphatic heterocycles. The molecular weight excluding hydrogens is 220 g/mol. The summed E-state index contributed by atoms with van der Waals surface area (Å²) >= 11 is 0. The molecule has 0 unspecified atom stereocenters. The summed E-state index contributed by atoms with van der Waals surface area (Å²) in [5.74, 6) is 0. The molecule has 18 heavy (non-hydrogen) atoms. The molecule has 0 saturated heterocycles. The molecule has 0 aromatic heterocycles. The summed E-state index contributed by atoms with van der Waals surface area (Å²) in [5.41, 5.74) is 5.43. The summed E-state index contributed by atoms with van der Waals surface area (Å²) in [6, 6.07) is 16.2. The number of hydrogen-bond acceptors (Lipinski definition) is 2. The zero-order chi connectivity index (χ0) is 13.0. The van der Waals surface area contributed by atoms with Crippen molar-refractivity contribution in [3.05, 3.63) is 64.7 Å². The lowest BCUT2D eigenvalue weighted by Gasteiger charge is -2.12. The number of hydrogen-bond donors (Lipinski definition) is 1. The molecule has 0 spiro atoms. The zero-order valence-electron chi connectivity index (χ0n) is 10.7. The third kappa shape index (κ3) is 2.70. The lowest BCUT2D eigenvalue weighted by Crippen LogP contribution is -2.04. The molecule has 90 valence electrons. The molecule has 0 atom stereocenters. The first-order valence-corrected chi connectivity index (χ1v) is 6.00. The molecule has 0 bridgehead atoms. The number of rotatable bonds is 3. The minimum Gasteiger partial charge on any atom is -0.381 e. The van der Waals surface area contributed by atoms with Gasteiger partial charge >= 0.3 is 0 Å². The monoisotopic (exact) mass is 236 g/mol. The smallest absolute Gasteiger partial charge is 0.0991 e. The van der Waals surface area contributed by atoms with Crippen LogP contribution >= 0.6 is 0 Å². The maximum atomic E-state index is 8.92. The fraction of sp³-hybridized carbons (Fsp3) is 0.188. The molecule has 2 aromatic carbocycles. The molecule has 2 aromatic rings. The summed E-state index contributed by atoms with van der Waals surface area (Å²) in [5, 5.41) is 12.3. The van der Waals surface area contributed by atoms with Gasteiger partial charge in [0.1, 0.15) is 0 Å². The Labute approximate surface area is 108 Å². The highest BCUT2D eigenvalue weighted by molar-refractivity contribution is 5.47. The molecule has 0 amide bonds. The van der Waals surface area contributed by atoms with Crippen LogP contribution in [0.15, 0.2) is 42.5 Å². The summed E-state index contributed by atoms with van der Waals surface area (Å²) in [7, 11) is 0. The number of para-hydroxylation sites is 1. The normalized spacial score (nSPS) is 9.83. The van der Waals surface area contributed by atoms with Crippen LogP contribution in [0.3, 0.4) is 0 Å². The number of nitrogens with one attached hydrogen (secondary N) is 1. The average molecular weight is 236 g/mol. The van der Waals surface area contributed by atoms with Crippen molar-refractivity contribution < 1.29 is 0 Å². The Kier molecular flexibility index (Phi) is 3.64. The first-order valence-electron chi connectivity index (χ1n) is 6.00. The maximum Gasteiger partial charge on any atom is 0.0991 e. The van der Waals surface area contributed by atoms with E-state index in [1.165, 1.54) is 5.56 Å². The van der Waals surface area contributed by atoms with Gasteiger partial charge in [-0.15, -0.1) is 0 Å². The fourth-order valence-electron chi connectivity index (χ4n) is 2.08. The topological polar surface area (TPSA) is 35.8 Å². The maximum absolute atomic E-state index is 8.92. The van der Waals surface area contributed by atoms with Crippen LogP contribution < -0.4 is 5.32 Å². The quantitative estimate of drug-likeness (QED) is 0.880. The Balaban J connectivity index is 2.18. The first-order chi connectivity index (χ1) is 8.70. The van der Waals surface area contributed by atoms with Crippen molar-refractivity contribution in [1.82, 2.24) is 0 Å². The molecule has 0 heterocycles. The van der Waals surface area contributed by atoms with Gasteiger partial charge in [-0.25, -0.2) is 0 Å². The van der Waals surface area contributed by atoms with E-state index >= 15 is 0 Å². The van der Waals surface area contributed by atoms with Gasteiger partial charge in [0.25, 0.3) is 0 Å². The van der Waals surface area contributed by atoms with Crippen LogP contribution in [0.5, 0.6) is 0 Å². The number of benzene rings is 2. The number of nitriles is 1. The van der Waals surface area contributed by atoms with Gasteiger partial charge in [0, 0.05) is 12.2 Å². The molecule has 0 aliphatic carbocycles. The van der Waals surface area contributed by atoms with Crippen LogP contribution in [0.2, 0.25) is 0 Å². The third-order valence-corrected chi connectivity index (χ3v) is 3.07. The van der Waals surface area contributed by atoms with Crippen molar-refractivity contribution in [2.75, 3.05) is 5.32 Å². The molecule has 0 aliphatic rings. The summed E-state index contributed by atoms with van der Waals surface area (Å²) < 4.78 is 0. The Bertz CT molecular complexity index is 557. The van der Waals surface area contributed by atoms with Crippen LogP contribution in [0.1, 0.15) is 22.3 Å². The first kappa shape index (κ1) is 12.2. The second kappa shape index (κ2) is 5.37. The van der Waals surface area contributed by atoms with Gasteiger partial charge in [0.2, 0.25) is 0 Å². The van der Waals surface area contributed by atoms with Crippen LogP contribution in [0, 0.1) is 25.2 Å². The van der Waals surface area contributed by atoms with Crippen LogP contribution in [-0.4, -0.2) is 0 Å². The molecule has 2 heteroatoms. The van der Waals surface area contributed by atoms with E-state index in [4.69, 9.17) is 5.26 Å². The van der Waals surface area contributed by atoms with E-state index in [0.29, 0.717) is 0 Å². The second-order valence-corrected chi connectivity index (χ2v) is 4.42. The highest BCUT2D eigenvalue weighted by Crippen LogP contribution is 2.18. The predicted octanol–water partition coefficient (Wildman–Crippen LogP) is 3.79. The van der Waals surface area contributed by atoms with Crippen molar-refractivity contribution in [2.45, 2.75) is 20.4 Å². The van der Waals surface area contributed by atoms with Gasteiger partial charge < -0.3 is 5.32 Å². The van der Waals surface area contributed by atoms with Gasteiger partial charge in [-0.2, -0.15) is 5.26 Å². The van der Waals surface area contributed by atoms with E-state index in [0.717, 1.165) is 28.9 Å². The number of aryl methyl sites for hydroxylation is 2. The van der Waals surface area contributed by atoms with E-state index < -0.39 is 0 Å². The molecule has 1 N–H and O–H groups in total. The summed E-state index contributed by atoms with van der Waals surface area (Å²) in [6.45, 7) is 4.89. The summed E-state index contributed by atoms with van der Waals surface area (Å²) in [6.07, 6.45) is 0. The Morgan fingerprint density at radius 2 is 1.67 bits per heavy atom. The number of anilines is 1. The average Bonchev–Trinajstić information content (AvgIpc) is 2.38. The SMILES string of the molecule is Cc1cc(C#N)cc(C)c1CNc1ccccc1. The standard InChI is InChI=1S/C16H16N2/c1-12-8-14(10-17)9-13(2)16(12)11-18-15-6-4-3-5-7-15/h3-9,18H,11H2,1-2H3. The number of nitrogens with zero attached hydrogens (tertiary/aromatic N) is 1. The van der Waals surface area contributed by atoms with Crippen molar-refractivity contribution in [3.63, 3.8) is 0 Å². The van der Waals surface area contributed by atoms with E-state index in [1.807, 2.05) is 42.5 Å². The minimum atomic E-state index is 0.730. The van der Waals surface area contributed by atoms with Gasteiger partial charge in [0.15, 0.2) is 0 Å². The molecule has 2 rings (SSSR count). The van der Waals surface area contributed by atoms with Crippen molar-refractivity contribution in [2.24, 2.45) is 0 Å². The summed E-state index contributed by atoms with van der Waals surface area (Å²) in [4.78, 5) is 0. The highest BCUT2D eigenvalue weighted by Gasteiger charge is 2.04. The van der Waals surface area contributed by atoms with Crippen molar-refractivity contribution in [3.8, 4) is 6.07 Å². The van der Waals surface area contributed by atoms with Crippen molar-refractivity contribution in [1.29, 1.82) is 5.26 Å².